The molecule has 3 aromatic carbocycles. The van der Waals surface area contributed by atoms with Crippen molar-refractivity contribution >= 4 is 33.2 Å². The van der Waals surface area contributed by atoms with E-state index in [2.05, 4.69) is 5.32 Å². The third-order valence-electron chi connectivity index (χ3n) is 4.92. The highest BCUT2D eigenvalue weighted by molar-refractivity contribution is 7.89. The molecule has 0 spiro atoms. The van der Waals surface area contributed by atoms with Gasteiger partial charge in [0.25, 0.3) is 0 Å². The summed E-state index contributed by atoms with van der Waals surface area (Å²) in [6.07, 6.45) is 0. The molecule has 6 nitrogen and oxygen atoms in total. The number of halogens is 1. The van der Waals surface area contributed by atoms with Gasteiger partial charge in [0.15, 0.2) is 0 Å². The third-order valence-corrected chi connectivity index (χ3v) is 7.09. The highest BCUT2D eigenvalue weighted by Crippen LogP contribution is 2.28. The van der Waals surface area contributed by atoms with Crippen LogP contribution >= 0.6 is 11.6 Å². The van der Waals surface area contributed by atoms with Gasteiger partial charge in [0.1, 0.15) is 5.75 Å². The number of ether oxygens (including phenoxy) is 1. The lowest BCUT2D eigenvalue weighted by atomic mass is 10.2. The van der Waals surface area contributed by atoms with Crippen LogP contribution in [0, 0.1) is 13.8 Å². The van der Waals surface area contributed by atoms with Crippen molar-refractivity contribution in [2.45, 2.75) is 25.3 Å². The lowest BCUT2D eigenvalue weighted by molar-refractivity contribution is -0.116. The number of anilines is 1. The van der Waals surface area contributed by atoms with Gasteiger partial charge in [-0.05, 0) is 54.8 Å². The lowest BCUT2D eigenvalue weighted by Gasteiger charge is -2.23. The molecule has 0 saturated carbocycles. The molecule has 0 aliphatic rings. The first-order valence-corrected chi connectivity index (χ1v) is 11.8. The summed E-state index contributed by atoms with van der Waals surface area (Å²) in [7, 11) is -2.47. The second-order valence-corrected chi connectivity index (χ2v) is 9.76. The highest BCUT2D eigenvalue weighted by Gasteiger charge is 2.28. The first kappa shape index (κ1) is 23.8. The van der Waals surface area contributed by atoms with Crippen LogP contribution in [0.15, 0.2) is 71.6 Å². The van der Waals surface area contributed by atoms with Crippen molar-refractivity contribution < 1.29 is 17.9 Å². The molecule has 1 amide bonds. The number of benzene rings is 3. The Kier molecular flexibility index (Phi) is 7.56. The van der Waals surface area contributed by atoms with E-state index < -0.39 is 15.9 Å². The quantitative estimate of drug-likeness (QED) is 0.511. The molecule has 0 bridgehead atoms. The zero-order chi connectivity index (χ0) is 23.3. The van der Waals surface area contributed by atoms with Crippen molar-refractivity contribution in [2.24, 2.45) is 0 Å². The maximum absolute atomic E-state index is 13.6. The first-order valence-electron chi connectivity index (χ1n) is 9.95. The van der Waals surface area contributed by atoms with Gasteiger partial charge >= 0.3 is 0 Å². The number of methoxy groups -OCH3 is 1. The van der Waals surface area contributed by atoms with Gasteiger partial charge in [-0.2, -0.15) is 4.31 Å². The molecule has 0 fully saturated rings. The number of hydrogen-bond donors (Lipinski definition) is 1. The second-order valence-electron chi connectivity index (χ2n) is 7.42. The number of amides is 1. The summed E-state index contributed by atoms with van der Waals surface area (Å²) in [5.41, 5.74) is 2.58. The van der Waals surface area contributed by atoms with Gasteiger partial charge in [-0.1, -0.05) is 54.1 Å². The van der Waals surface area contributed by atoms with Crippen LogP contribution < -0.4 is 10.1 Å². The monoisotopic (exact) mass is 472 g/mol. The van der Waals surface area contributed by atoms with Crippen molar-refractivity contribution in [1.29, 1.82) is 0 Å². The number of aryl methyl sites for hydroxylation is 2. The Labute approximate surface area is 193 Å². The molecule has 0 aromatic heterocycles. The zero-order valence-electron chi connectivity index (χ0n) is 18.1. The molecule has 168 valence electrons. The number of carbonyl (C=O) groups excluding carboxylic acids is 1. The molecule has 0 aliphatic heterocycles. The fourth-order valence-electron chi connectivity index (χ4n) is 3.27. The maximum Gasteiger partial charge on any atom is 0.244 e. The average molecular weight is 473 g/mol. The van der Waals surface area contributed by atoms with Gasteiger partial charge in [-0.25, -0.2) is 8.42 Å². The predicted molar refractivity (Wildman–Crippen MR) is 127 cm³/mol. The van der Waals surface area contributed by atoms with Crippen molar-refractivity contribution in [3.8, 4) is 5.75 Å². The Hall–Kier alpha value is -2.87. The molecular weight excluding hydrogens is 448 g/mol. The molecular formula is C24H25ClN2O4S. The number of rotatable bonds is 8. The van der Waals surface area contributed by atoms with Crippen LogP contribution in [0.2, 0.25) is 5.02 Å². The Balaban J connectivity index is 1.94. The molecule has 1 N–H and O–H groups in total. The van der Waals surface area contributed by atoms with E-state index in [9.17, 15) is 13.2 Å². The van der Waals surface area contributed by atoms with Crippen LogP contribution in [-0.2, 0) is 21.4 Å². The summed E-state index contributed by atoms with van der Waals surface area (Å²) >= 11 is 6.04. The van der Waals surface area contributed by atoms with E-state index in [0.29, 0.717) is 22.0 Å². The summed E-state index contributed by atoms with van der Waals surface area (Å²) in [6, 6.07) is 19.2. The molecule has 3 aromatic rings. The molecule has 0 atom stereocenters. The zero-order valence-corrected chi connectivity index (χ0v) is 19.7. The van der Waals surface area contributed by atoms with Gasteiger partial charge in [0.2, 0.25) is 15.9 Å². The van der Waals surface area contributed by atoms with E-state index in [1.807, 2.05) is 43.3 Å². The van der Waals surface area contributed by atoms with Crippen LogP contribution in [0.25, 0.3) is 0 Å². The van der Waals surface area contributed by atoms with E-state index >= 15 is 0 Å². The molecule has 0 saturated heterocycles. The minimum Gasteiger partial charge on any atom is -0.495 e. The minimum atomic E-state index is -3.95. The Bertz CT molecular complexity index is 1210. The second kappa shape index (κ2) is 10.2. The SMILES string of the molecule is COc1ccc(Cl)cc1NC(=O)CN(Cc1ccccc1)S(=O)(=O)c1cc(C)ccc1C. The standard InChI is InChI=1S/C24H25ClN2O4S/c1-17-9-10-18(2)23(13-17)32(29,30)27(15-19-7-5-4-6-8-19)16-24(28)26-21-14-20(25)11-12-22(21)31-3/h4-14H,15-16H2,1-3H3,(H,26,28). The van der Waals surface area contributed by atoms with Gasteiger partial charge in [0.05, 0.1) is 24.2 Å². The summed E-state index contributed by atoms with van der Waals surface area (Å²) in [6.45, 7) is 3.25. The molecule has 0 unspecified atom stereocenters. The smallest absolute Gasteiger partial charge is 0.244 e. The predicted octanol–water partition coefficient (Wildman–Crippen LogP) is 4.80. The number of carbonyl (C=O) groups is 1. The molecule has 0 aliphatic carbocycles. The summed E-state index contributed by atoms with van der Waals surface area (Å²) < 4.78 is 33.6. The minimum absolute atomic E-state index is 0.0522. The first-order chi connectivity index (χ1) is 15.2. The van der Waals surface area contributed by atoms with Crippen molar-refractivity contribution in [3.63, 3.8) is 0 Å². The number of sulfonamides is 1. The number of hydrogen-bond acceptors (Lipinski definition) is 4. The number of nitrogens with zero attached hydrogens (tertiary/aromatic N) is 1. The van der Waals surface area contributed by atoms with Crippen LogP contribution in [-0.4, -0.2) is 32.3 Å². The fourth-order valence-corrected chi connectivity index (χ4v) is 5.13. The highest BCUT2D eigenvalue weighted by atomic mass is 35.5. The lowest BCUT2D eigenvalue weighted by Crippen LogP contribution is -2.38. The molecule has 0 radical (unpaired) electrons. The van der Waals surface area contributed by atoms with Gasteiger partial charge in [-0.3, -0.25) is 4.79 Å². The van der Waals surface area contributed by atoms with Gasteiger partial charge in [-0.15, -0.1) is 0 Å². The topological polar surface area (TPSA) is 75.7 Å². The Morgan fingerprint density at radius 2 is 1.75 bits per heavy atom. The van der Waals surface area contributed by atoms with Gasteiger partial charge < -0.3 is 10.1 Å². The Morgan fingerprint density at radius 1 is 1.03 bits per heavy atom. The summed E-state index contributed by atoms with van der Waals surface area (Å²) in [5, 5.41) is 3.14. The Morgan fingerprint density at radius 3 is 2.44 bits per heavy atom. The maximum atomic E-state index is 13.6. The van der Waals surface area contributed by atoms with Crippen LogP contribution in [0.1, 0.15) is 16.7 Å². The molecule has 3 rings (SSSR count). The third kappa shape index (κ3) is 5.68. The molecule has 32 heavy (non-hydrogen) atoms. The number of nitrogens with one attached hydrogen (secondary N) is 1. The van der Waals surface area contributed by atoms with E-state index in [1.54, 1.807) is 37.3 Å². The van der Waals surface area contributed by atoms with Crippen LogP contribution in [0.4, 0.5) is 5.69 Å². The van der Waals surface area contributed by atoms with E-state index in [4.69, 9.17) is 16.3 Å². The van der Waals surface area contributed by atoms with E-state index in [-0.39, 0.29) is 18.0 Å². The average Bonchev–Trinajstić information content (AvgIpc) is 2.75. The molecule has 0 heterocycles. The van der Waals surface area contributed by atoms with Crippen molar-refractivity contribution in [3.05, 3.63) is 88.4 Å². The van der Waals surface area contributed by atoms with Crippen LogP contribution in [0.5, 0.6) is 5.75 Å². The largest absolute Gasteiger partial charge is 0.495 e. The van der Waals surface area contributed by atoms with Crippen LogP contribution in [0.3, 0.4) is 0 Å². The summed E-state index contributed by atoms with van der Waals surface area (Å²) in [4.78, 5) is 13.1. The van der Waals surface area contributed by atoms with Crippen molar-refractivity contribution in [1.82, 2.24) is 4.31 Å². The van der Waals surface area contributed by atoms with E-state index in [1.165, 1.54) is 11.4 Å². The van der Waals surface area contributed by atoms with Crippen molar-refractivity contribution in [2.75, 3.05) is 19.0 Å². The van der Waals surface area contributed by atoms with E-state index in [0.717, 1.165) is 11.1 Å². The fraction of sp³-hybridized carbons (Fsp3) is 0.208. The van der Waals surface area contributed by atoms with Gasteiger partial charge in [0, 0.05) is 11.6 Å². The molecule has 8 heteroatoms. The summed E-state index contributed by atoms with van der Waals surface area (Å²) in [5.74, 6) is -0.0786. The normalized spacial score (nSPS) is 11.4.